The number of hydrogen-bond acceptors (Lipinski definition) is 3. The summed E-state index contributed by atoms with van der Waals surface area (Å²) in [5, 5.41) is 1.17. The second-order valence-corrected chi connectivity index (χ2v) is 6.11. The van der Waals surface area contributed by atoms with Crippen LogP contribution in [0.3, 0.4) is 0 Å². The van der Waals surface area contributed by atoms with Crippen molar-refractivity contribution in [3.63, 3.8) is 0 Å². The molecule has 0 aromatic heterocycles. The Balaban J connectivity index is 2.33. The van der Waals surface area contributed by atoms with Crippen molar-refractivity contribution in [3.05, 3.63) is 48.0 Å². The first kappa shape index (κ1) is 17.4. The number of carbonyl (C=O) groups excluding carboxylic acids is 1. The lowest BCUT2D eigenvalue weighted by Crippen LogP contribution is -2.52. The van der Waals surface area contributed by atoms with E-state index in [0.29, 0.717) is 11.6 Å². The minimum atomic E-state index is -3.22. The van der Waals surface area contributed by atoms with Crippen molar-refractivity contribution in [3.8, 4) is 0 Å². The Morgan fingerprint density at radius 1 is 1.39 bits per heavy atom. The van der Waals surface area contributed by atoms with Crippen LogP contribution >= 0.6 is 0 Å². The van der Waals surface area contributed by atoms with Gasteiger partial charge in [-0.25, -0.2) is 15.2 Å². The van der Waals surface area contributed by atoms with Crippen molar-refractivity contribution >= 4 is 6.09 Å². The van der Waals surface area contributed by atoms with Gasteiger partial charge in [0.1, 0.15) is 12.6 Å². The number of benzene rings is 1. The average Bonchev–Trinajstić information content (AvgIpc) is 2.87. The second-order valence-electron chi connectivity index (χ2n) is 6.11. The summed E-state index contributed by atoms with van der Waals surface area (Å²) >= 11 is 0. The Labute approximate surface area is 135 Å². The van der Waals surface area contributed by atoms with Crippen LogP contribution in [0.25, 0.3) is 0 Å². The van der Waals surface area contributed by atoms with E-state index >= 15 is 0 Å². The van der Waals surface area contributed by atoms with Gasteiger partial charge in [-0.15, -0.1) is 0 Å². The first-order chi connectivity index (χ1) is 10.8. The van der Waals surface area contributed by atoms with Crippen molar-refractivity contribution in [1.29, 1.82) is 0 Å². The fourth-order valence-corrected chi connectivity index (χ4v) is 2.47. The molecule has 1 aliphatic heterocycles. The summed E-state index contributed by atoms with van der Waals surface area (Å²) in [4.78, 5) is 11.9. The van der Waals surface area contributed by atoms with E-state index in [2.05, 4.69) is 12.0 Å². The van der Waals surface area contributed by atoms with Crippen molar-refractivity contribution < 1.29 is 18.3 Å². The van der Waals surface area contributed by atoms with Crippen LogP contribution in [0.15, 0.2) is 36.9 Å². The van der Waals surface area contributed by atoms with Gasteiger partial charge in [-0.1, -0.05) is 50.3 Å². The quantitative estimate of drug-likeness (QED) is 0.809. The number of halogens is 2. The number of nitrogens with zero attached hydrogens (tertiary/aromatic N) is 1. The van der Waals surface area contributed by atoms with Gasteiger partial charge in [0.15, 0.2) is 0 Å². The molecule has 1 saturated heterocycles. The molecule has 1 aromatic carbocycles. The molecular weight excluding hydrogens is 302 g/mol. The summed E-state index contributed by atoms with van der Waals surface area (Å²) in [6.45, 7) is 9.10. The van der Waals surface area contributed by atoms with E-state index < -0.39 is 18.1 Å². The van der Waals surface area contributed by atoms with E-state index in [1.54, 1.807) is 24.3 Å². The minimum Gasteiger partial charge on any atom is -0.446 e. The molecule has 1 aromatic rings. The maximum atomic E-state index is 14.4. The minimum absolute atomic E-state index is 0.0740. The highest BCUT2D eigenvalue weighted by Crippen LogP contribution is 2.34. The number of rotatable bonds is 6. The molecule has 2 rings (SSSR count). The molecule has 0 bridgehead atoms. The molecule has 0 saturated carbocycles. The maximum Gasteiger partial charge on any atom is 0.424 e. The zero-order valence-corrected chi connectivity index (χ0v) is 13.6. The predicted molar refractivity (Wildman–Crippen MR) is 84.0 cm³/mol. The monoisotopic (exact) mass is 324 g/mol. The van der Waals surface area contributed by atoms with Gasteiger partial charge in [-0.2, -0.15) is 8.78 Å². The zero-order valence-electron chi connectivity index (χ0n) is 13.6. The molecule has 0 unspecified atom stereocenters. The lowest BCUT2D eigenvalue weighted by atomic mass is 9.99. The number of hydrogen-bond donors (Lipinski definition) is 1. The second kappa shape index (κ2) is 6.66. The third kappa shape index (κ3) is 3.69. The molecule has 1 N–H and O–H groups in total. The Morgan fingerprint density at radius 3 is 2.52 bits per heavy atom. The van der Waals surface area contributed by atoms with Crippen LogP contribution in [0.1, 0.15) is 31.0 Å². The first-order valence-corrected chi connectivity index (χ1v) is 7.56. The van der Waals surface area contributed by atoms with Gasteiger partial charge in [0.05, 0.1) is 6.04 Å². The third-order valence-electron chi connectivity index (χ3n) is 4.01. The summed E-state index contributed by atoms with van der Waals surface area (Å²) in [5.74, 6) is -3.15. The van der Waals surface area contributed by atoms with Gasteiger partial charge in [0, 0.05) is 0 Å². The van der Waals surface area contributed by atoms with E-state index in [1.165, 1.54) is 5.01 Å². The fraction of sp³-hybridized carbons (Fsp3) is 0.471. The molecule has 6 heteroatoms. The van der Waals surface area contributed by atoms with Crippen molar-refractivity contribution in [1.82, 2.24) is 10.4 Å². The molecule has 0 spiro atoms. The van der Waals surface area contributed by atoms with Crippen LogP contribution in [0.2, 0.25) is 0 Å². The van der Waals surface area contributed by atoms with E-state index in [4.69, 9.17) is 4.74 Å². The highest BCUT2D eigenvalue weighted by Gasteiger charge is 2.43. The number of carbonyl (C=O) groups is 1. The molecule has 1 amide bonds. The van der Waals surface area contributed by atoms with Gasteiger partial charge in [-0.05, 0) is 24.5 Å². The largest absolute Gasteiger partial charge is 0.446 e. The summed E-state index contributed by atoms with van der Waals surface area (Å²) in [7, 11) is 0. The van der Waals surface area contributed by atoms with E-state index in [0.717, 1.165) is 5.56 Å². The van der Waals surface area contributed by atoms with Crippen LogP contribution in [-0.4, -0.2) is 29.7 Å². The Morgan fingerprint density at radius 2 is 2.00 bits per heavy atom. The SMILES string of the molecule is C=CC(F)(F)[C@H](NN1C(=O)OC[C@@H]1C(C)C)c1ccc(C)cc1. The molecule has 4 nitrogen and oxygen atoms in total. The van der Waals surface area contributed by atoms with Gasteiger partial charge in [0.2, 0.25) is 0 Å². The molecule has 0 aliphatic carbocycles. The van der Waals surface area contributed by atoms with E-state index in [-0.39, 0.29) is 18.6 Å². The number of cyclic esters (lactones) is 1. The van der Waals surface area contributed by atoms with E-state index in [1.807, 2.05) is 20.8 Å². The molecule has 1 fully saturated rings. The standard InChI is InChI=1S/C17H22F2N2O2/c1-5-17(18,19)15(13-8-6-12(4)7-9-13)20-21-14(11(2)3)10-23-16(21)22/h5-9,11,14-15,20H,1,10H2,2-4H3/t14-,15-/m1/s1. The molecule has 23 heavy (non-hydrogen) atoms. The fourth-order valence-electron chi connectivity index (χ4n) is 2.47. The summed E-state index contributed by atoms with van der Waals surface area (Å²) < 4.78 is 33.7. The Hall–Kier alpha value is -1.95. The number of hydrazine groups is 1. The zero-order chi connectivity index (χ0) is 17.2. The number of ether oxygens (including phenoxy) is 1. The molecule has 1 heterocycles. The van der Waals surface area contributed by atoms with Gasteiger partial charge < -0.3 is 4.74 Å². The Bertz CT molecular complexity index is 572. The molecular formula is C17H22F2N2O2. The summed E-state index contributed by atoms with van der Waals surface area (Å²) in [5.41, 5.74) is 4.01. The highest BCUT2D eigenvalue weighted by atomic mass is 19.3. The Kier molecular flexibility index (Phi) is 5.04. The van der Waals surface area contributed by atoms with Crippen molar-refractivity contribution in [2.45, 2.75) is 38.8 Å². The molecule has 1 aliphatic rings. The highest BCUT2D eigenvalue weighted by molar-refractivity contribution is 5.69. The lowest BCUT2D eigenvalue weighted by molar-refractivity contribution is -0.0188. The molecule has 2 atom stereocenters. The van der Waals surface area contributed by atoms with Crippen molar-refractivity contribution in [2.75, 3.05) is 6.61 Å². The lowest BCUT2D eigenvalue weighted by Gasteiger charge is -2.33. The van der Waals surface area contributed by atoms with Crippen LogP contribution < -0.4 is 5.43 Å². The van der Waals surface area contributed by atoms with Crippen LogP contribution in [-0.2, 0) is 4.74 Å². The number of alkyl halides is 2. The van der Waals surface area contributed by atoms with Gasteiger partial charge in [-0.3, -0.25) is 0 Å². The van der Waals surface area contributed by atoms with Crippen molar-refractivity contribution in [2.24, 2.45) is 5.92 Å². The molecule has 126 valence electrons. The number of aryl methyl sites for hydroxylation is 1. The number of amides is 1. The van der Waals surface area contributed by atoms with Crippen LogP contribution in [0.5, 0.6) is 0 Å². The third-order valence-corrected chi connectivity index (χ3v) is 4.01. The normalized spacial score (nSPS) is 19.8. The topological polar surface area (TPSA) is 41.6 Å². The van der Waals surface area contributed by atoms with E-state index in [9.17, 15) is 13.6 Å². The van der Waals surface area contributed by atoms with Gasteiger partial charge in [0.25, 0.3) is 5.92 Å². The smallest absolute Gasteiger partial charge is 0.424 e. The van der Waals surface area contributed by atoms with Crippen LogP contribution in [0.4, 0.5) is 13.6 Å². The first-order valence-electron chi connectivity index (χ1n) is 7.56. The van der Waals surface area contributed by atoms with Gasteiger partial charge >= 0.3 is 6.09 Å². The summed E-state index contributed by atoms with van der Waals surface area (Å²) in [6.07, 6.45) is -0.0447. The number of nitrogens with one attached hydrogen (secondary N) is 1. The molecule has 0 radical (unpaired) electrons. The average molecular weight is 324 g/mol. The summed E-state index contributed by atoms with van der Waals surface area (Å²) in [6, 6.07) is 5.06. The maximum absolute atomic E-state index is 14.4. The van der Waals surface area contributed by atoms with Crippen LogP contribution in [0, 0.1) is 12.8 Å². The predicted octanol–water partition coefficient (Wildman–Crippen LogP) is 3.84.